The maximum Gasteiger partial charge on any atom is 0.373 e. The molecule has 14 heteroatoms. The average Bonchev–Trinajstić information content (AvgIpc) is 3.74. The van der Waals surface area contributed by atoms with Crippen LogP contribution in [0.4, 0.5) is 14.6 Å². The molecule has 45 heavy (non-hydrogen) atoms. The van der Waals surface area contributed by atoms with Crippen molar-refractivity contribution in [3.8, 4) is 17.0 Å². The van der Waals surface area contributed by atoms with Crippen LogP contribution in [-0.4, -0.2) is 47.4 Å². The standard InChI is InChI=1S/C30H26Cl2F2N4O4.CO2/c1-15-7-18(33)9-23(32)25(15)26-20(27(42-37-26)16-3-4-16)12-41-19-5-6-21(22(31)10-19)30(40)13-38(14-30)28-24(34)8-17(11-36-28)29(39)35-2;2-1-3/h5-11,16,40H,3-4,12-14H2,1-2H3,(H,35,39);. The highest BCUT2D eigenvalue weighted by Crippen LogP contribution is 2.46. The number of aryl methyl sites for hydroxylation is 1. The molecule has 4 aromatic rings. The Morgan fingerprint density at radius 2 is 1.89 bits per heavy atom. The smallest absolute Gasteiger partial charge is 0.373 e. The van der Waals surface area contributed by atoms with Crippen molar-refractivity contribution in [3.05, 3.63) is 92.3 Å². The van der Waals surface area contributed by atoms with Crippen molar-refractivity contribution in [1.82, 2.24) is 15.5 Å². The van der Waals surface area contributed by atoms with Gasteiger partial charge in [0.2, 0.25) is 0 Å². The number of benzene rings is 2. The number of ether oxygens (including phenoxy) is 1. The fraction of sp³-hybridized carbons (Fsp3) is 0.290. The van der Waals surface area contributed by atoms with Gasteiger partial charge in [-0.25, -0.2) is 13.8 Å². The first-order chi connectivity index (χ1) is 21.5. The van der Waals surface area contributed by atoms with E-state index in [1.165, 1.54) is 25.4 Å². The minimum atomic E-state index is -1.33. The molecule has 1 amide bonds. The van der Waals surface area contributed by atoms with Gasteiger partial charge >= 0.3 is 6.15 Å². The second kappa shape index (κ2) is 12.9. The summed E-state index contributed by atoms with van der Waals surface area (Å²) in [4.78, 5) is 33.6. The number of pyridine rings is 1. The lowest BCUT2D eigenvalue weighted by atomic mass is 9.86. The summed E-state index contributed by atoms with van der Waals surface area (Å²) in [5, 5.41) is 18.4. The number of rotatable bonds is 8. The van der Waals surface area contributed by atoms with E-state index >= 15 is 0 Å². The van der Waals surface area contributed by atoms with E-state index in [1.807, 2.05) is 0 Å². The van der Waals surface area contributed by atoms with E-state index in [9.17, 15) is 18.7 Å². The predicted molar refractivity (Wildman–Crippen MR) is 158 cm³/mol. The van der Waals surface area contributed by atoms with Gasteiger partial charge in [0.05, 0.1) is 34.3 Å². The number of halogens is 4. The Kier molecular flexibility index (Phi) is 9.22. The van der Waals surface area contributed by atoms with E-state index < -0.39 is 23.1 Å². The van der Waals surface area contributed by atoms with Gasteiger partial charge in [-0.1, -0.05) is 34.4 Å². The number of nitrogens with zero attached hydrogens (tertiary/aromatic N) is 3. The molecule has 10 nitrogen and oxygen atoms in total. The third-order valence-electron chi connectivity index (χ3n) is 7.60. The zero-order valence-corrected chi connectivity index (χ0v) is 25.5. The molecule has 2 fully saturated rings. The zero-order valence-electron chi connectivity index (χ0n) is 24.0. The molecule has 1 aliphatic carbocycles. The highest BCUT2D eigenvalue weighted by Gasteiger charge is 2.45. The van der Waals surface area contributed by atoms with E-state index in [0.717, 1.165) is 30.2 Å². The second-order valence-electron chi connectivity index (χ2n) is 10.7. The normalized spacial score (nSPS) is 15.0. The maximum atomic E-state index is 14.6. The van der Waals surface area contributed by atoms with Crippen LogP contribution >= 0.6 is 23.2 Å². The maximum absolute atomic E-state index is 14.6. The summed E-state index contributed by atoms with van der Waals surface area (Å²) < 4.78 is 40.3. The summed E-state index contributed by atoms with van der Waals surface area (Å²) in [5.41, 5.74) is 1.70. The first-order valence-corrected chi connectivity index (χ1v) is 14.5. The van der Waals surface area contributed by atoms with Crippen LogP contribution in [0.15, 0.2) is 47.1 Å². The molecule has 1 saturated carbocycles. The van der Waals surface area contributed by atoms with E-state index in [1.54, 1.807) is 30.0 Å². The number of aromatic nitrogens is 2. The number of β-amino-alcohol motifs (C(OH)–C–C–N with tert-alkyl or cyclic N) is 1. The third-order valence-corrected chi connectivity index (χ3v) is 8.21. The highest BCUT2D eigenvalue weighted by atomic mass is 35.5. The number of amides is 1. The summed E-state index contributed by atoms with van der Waals surface area (Å²) in [7, 11) is 1.45. The molecular formula is C31H26Cl2F2N4O6. The predicted octanol–water partition coefficient (Wildman–Crippen LogP) is 5.57. The van der Waals surface area contributed by atoms with Crippen molar-refractivity contribution >= 4 is 41.1 Å². The van der Waals surface area contributed by atoms with Gasteiger partial charge in [-0.15, -0.1) is 0 Å². The van der Waals surface area contributed by atoms with Crippen LogP contribution in [0.1, 0.15) is 51.6 Å². The molecule has 2 aliphatic rings. The molecular weight excluding hydrogens is 633 g/mol. The third kappa shape index (κ3) is 6.55. The molecule has 6 rings (SSSR count). The topological polar surface area (TPSA) is 135 Å². The van der Waals surface area contributed by atoms with Crippen molar-refractivity contribution in [1.29, 1.82) is 0 Å². The van der Waals surface area contributed by atoms with Crippen LogP contribution in [0.25, 0.3) is 11.3 Å². The van der Waals surface area contributed by atoms with Crippen LogP contribution in [-0.2, 0) is 21.8 Å². The highest BCUT2D eigenvalue weighted by molar-refractivity contribution is 6.33. The number of nitrogens with one attached hydrogen (secondary N) is 1. The van der Waals surface area contributed by atoms with Crippen molar-refractivity contribution in [3.63, 3.8) is 0 Å². The lowest BCUT2D eigenvalue weighted by Gasteiger charge is -2.47. The summed E-state index contributed by atoms with van der Waals surface area (Å²) in [6.07, 6.45) is 3.49. The van der Waals surface area contributed by atoms with Crippen molar-refractivity contribution < 1.29 is 37.5 Å². The summed E-state index contributed by atoms with van der Waals surface area (Å²) in [6, 6.07) is 8.72. The minimum absolute atomic E-state index is 0.0379. The number of hydrogen-bond acceptors (Lipinski definition) is 9. The van der Waals surface area contributed by atoms with Gasteiger partial charge in [-0.05, 0) is 55.7 Å². The fourth-order valence-corrected chi connectivity index (χ4v) is 5.97. The van der Waals surface area contributed by atoms with Gasteiger partial charge in [-0.2, -0.15) is 9.59 Å². The Morgan fingerprint density at radius 3 is 2.49 bits per heavy atom. The Hall–Kier alpha value is -4.35. The molecule has 2 aromatic heterocycles. The van der Waals surface area contributed by atoms with Gasteiger partial charge in [0.15, 0.2) is 11.6 Å². The molecule has 3 heterocycles. The molecule has 0 spiro atoms. The summed E-state index contributed by atoms with van der Waals surface area (Å²) in [5.74, 6) is -0.0839. The van der Waals surface area contributed by atoms with Crippen molar-refractivity contribution in [2.45, 2.75) is 37.9 Å². The van der Waals surface area contributed by atoms with E-state index in [-0.39, 0.29) is 53.2 Å². The Morgan fingerprint density at radius 1 is 1.18 bits per heavy atom. The SMILES string of the molecule is CNC(=O)c1cnc(N2CC(O)(c3ccc(OCc4c(-c5c(C)cc(F)cc5Cl)noc4C4CC4)cc3Cl)C2)c(F)c1.O=C=O. The lowest BCUT2D eigenvalue weighted by molar-refractivity contribution is -0.191. The summed E-state index contributed by atoms with van der Waals surface area (Å²) >= 11 is 13.0. The zero-order chi connectivity index (χ0) is 32.5. The van der Waals surface area contributed by atoms with Crippen molar-refractivity contribution in [2.75, 3.05) is 25.0 Å². The Bertz CT molecular complexity index is 1780. The van der Waals surface area contributed by atoms with Crippen LogP contribution in [0, 0.1) is 18.6 Å². The minimum Gasteiger partial charge on any atom is -0.489 e. The number of carbonyl (C=O) groups excluding carboxylic acids is 3. The second-order valence-corrected chi connectivity index (χ2v) is 11.6. The average molecular weight is 659 g/mol. The van der Waals surface area contributed by atoms with Crippen molar-refractivity contribution in [2.24, 2.45) is 0 Å². The fourth-order valence-electron chi connectivity index (χ4n) is 5.28. The van der Waals surface area contributed by atoms with Crippen LogP contribution in [0.5, 0.6) is 5.75 Å². The molecule has 0 atom stereocenters. The number of carbonyl (C=O) groups is 1. The molecule has 0 bridgehead atoms. The molecule has 2 N–H and O–H groups in total. The first kappa shape index (κ1) is 32.1. The van der Waals surface area contributed by atoms with Crippen LogP contribution in [0.2, 0.25) is 10.0 Å². The Balaban J connectivity index is 0.00000128. The Labute approximate surface area is 265 Å². The molecule has 1 saturated heterocycles. The van der Waals surface area contributed by atoms with Crippen LogP contribution < -0.4 is 15.0 Å². The molecule has 234 valence electrons. The number of hydrogen-bond donors (Lipinski definition) is 2. The number of anilines is 1. The quantitative estimate of drug-likeness (QED) is 0.249. The largest absolute Gasteiger partial charge is 0.489 e. The van der Waals surface area contributed by atoms with E-state index in [0.29, 0.717) is 28.1 Å². The van der Waals surface area contributed by atoms with Crippen LogP contribution in [0.3, 0.4) is 0 Å². The molecule has 0 unspecified atom stereocenters. The van der Waals surface area contributed by atoms with Gasteiger partial charge in [-0.3, -0.25) is 4.79 Å². The van der Waals surface area contributed by atoms with E-state index in [4.69, 9.17) is 42.1 Å². The van der Waals surface area contributed by atoms with Gasteiger partial charge in [0, 0.05) is 30.3 Å². The molecule has 1 aliphatic heterocycles. The lowest BCUT2D eigenvalue weighted by Crippen LogP contribution is -2.60. The monoisotopic (exact) mass is 658 g/mol. The molecule has 0 radical (unpaired) electrons. The number of aliphatic hydroxyl groups is 1. The van der Waals surface area contributed by atoms with Gasteiger partial charge in [0.25, 0.3) is 5.91 Å². The van der Waals surface area contributed by atoms with Gasteiger partial charge < -0.3 is 24.6 Å². The first-order valence-electron chi connectivity index (χ1n) is 13.7. The molecule has 2 aromatic carbocycles. The summed E-state index contributed by atoms with van der Waals surface area (Å²) in [6.45, 7) is 1.99. The van der Waals surface area contributed by atoms with E-state index in [2.05, 4.69) is 15.5 Å². The van der Waals surface area contributed by atoms with Gasteiger partial charge in [0.1, 0.15) is 35.2 Å².